The van der Waals surface area contributed by atoms with E-state index in [-0.39, 0.29) is 0 Å². The maximum atomic E-state index is 10.6. The first-order valence-electron chi connectivity index (χ1n) is 6.08. The molecule has 0 bridgehead atoms. The number of aryl methyl sites for hydroxylation is 2. The van der Waals surface area contributed by atoms with Gasteiger partial charge in [0, 0.05) is 17.6 Å². The number of hydrogen-bond donors (Lipinski definition) is 2. The normalized spacial score (nSPS) is 13.9. The first-order valence-corrected chi connectivity index (χ1v) is 6.87. The monoisotopic (exact) mass is 365 g/mol. The SMILES string of the molecule is Cc1cc(C=C2CNC2)c(C)cc1Br.O=C(O)C(F)(F)F. The maximum absolute atomic E-state index is 10.6. The highest BCUT2D eigenvalue weighted by atomic mass is 79.9. The van der Waals surface area contributed by atoms with E-state index in [0.717, 1.165) is 13.1 Å². The topological polar surface area (TPSA) is 49.3 Å². The van der Waals surface area contributed by atoms with Gasteiger partial charge in [-0.2, -0.15) is 13.2 Å². The summed E-state index contributed by atoms with van der Waals surface area (Å²) in [5.74, 6) is -2.76. The molecular formula is C14H15BrF3NO2. The average molecular weight is 366 g/mol. The second kappa shape index (κ2) is 7.09. The summed E-state index contributed by atoms with van der Waals surface area (Å²) in [5, 5.41) is 10.4. The Labute approximate surface area is 129 Å². The van der Waals surface area contributed by atoms with E-state index >= 15 is 0 Å². The molecule has 0 atom stereocenters. The number of carboxylic acid groups (broad SMARTS) is 1. The molecule has 0 amide bonds. The molecule has 1 fully saturated rings. The summed E-state index contributed by atoms with van der Waals surface area (Å²) in [4.78, 5) is 8.90. The van der Waals surface area contributed by atoms with E-state index < -0.39 is 12.1 Å². The fourth-order valence-corrected chi connectivity index (χ4v) is 2.01. The van der Waals surface area contributed by atoms with Crippen LogP contribution in [0.4, 0.5) is 13.2 Å². The number of hydrogen-bond acceptors (Lipinski definition) is 2. The van der Waals surface area contributed by atoms with Crippen molar-refractivity contribution < 1.29 is 23.1 Å². The van der Waals surface area contributed by atoms with Crippen LogP contribution >= 0.6 is 15.9 Å². The van der Waals surface area contributed by atoms with Crippen LogP contribution in [-0.2, 0) is 4.79 Å². The van der Waals surface area contributed by atoms with Crippen LogP contribution in [-0.4, -0.2) is 30.3 Å². The first kappa shape index (κ1) is 17.7. The van der Waals surface area contributed by atoms with Crippen LogP contribution in [0.2, 0.25) is 0 Å². The van der Waals surface area contributed by atoms with Gasteiger partial charge in [0.15, 0.2) is 0 Å². The summed E-state index contributed by atoms with van der Waals surface area (Å²) in [5.41, 5.74) is 5.48. The Morgan fingerprint density at radius 3 is 2.19 bits per heavy atom. The highest BCUT2D eigenvalue weighted by Crippen LogP contribution is 2.23. The highest BCUT2D eigenvalue weighted by molar-refractivity contribution is 9.10. The molecule has 0 saturated carbocycles. The maximum Gasteiger partial charge on any atom is 0.490 e. The molecule has 2 rings (SSSR count). The minimum atomic E-state index is -5.08. The van der Waals surface area contributed by atoms with E-state index in [2.05, 4.69) is 53.3 Å². The molecule has 1 heterocycles. The number of nitrogens with one attached hydrogen (secondary N) is 1. The third-order valence-corrected chi connectivity index (χ3v) is 3.71. The molecule has 1 aromatic carbocycles. The van der Waals surface area contributed by atoms with Gasteiger partial charge in [-0.15, -0.1) is 0 Å². The lowest BCUT2D eigenvalue weighted by atomic mass is 10.0. The molecule has 7 heteroatoms. The number of aliphatic carboxylic acids is 1. The lowest BCUT2D eigenvalue weighted by Gasteiger charge is -2.19. The van der Waals surface area contributed by atoms with E-state index in [9.17, 15) is 13.2 Å². The van der Waals surface area contributed by atoms with Crippen molar-refractivity contribution in [1.82, 2.24) is 5.32 Å². The van der Waals surface area contributed by atoms with Crippen LogP contribution in [0.5, 0.6) is 0 Å². The van der Waals surface area contributed by atoms with Crippen LogP contribution in [0.1, 0.15) is 16.7 Å². The van der Waals surface area contributed by atoms with Gasteiger partial charge in [0.2, 0.25) is 0 Å². The quantitative estimate of drug-likeness (QED) is 0.797. The Morgan fingerprint density at radius 2 is 1.81 bits per heavy atom. The number of rotatable bonds is 1. The Hall–Kier alpha value is -1.34. The predicted molar refractivity (Wildman–Crippen MR) is 78.2 cm³/mol. The number of carbonyl (C=O) groups is 1. The zero-order valence-electron chi connectivity index (χ0n) is 11.5. The molecule has 2 N–H and O–H groups in total. The molecule has 0 radical (unpaired) electrons. The summed E-state index contributed by atoms with van der Waals surface area (Å²) in [6, 6.07) is 4.43. The fourth-order valence-electron chi connectivity index (χ4n) is 1.55. The van der Waals surface area contributed by atoms with E-state index in [1.54, 1.807) is 0 Å². The lowest BCUT2D eigenvalue weighted by molar-refractivity contribution is -0.192. The van der Waals surface area contributed by atoms with Gasteiger partial charge in [0.1, 0.15) is 0 Å². The van der Waals surface area contributed by atoms with Gasteiger partial charge in [-0.25, -0.2) is 4.79 Å². The van der Waals surface area contributed by atoms with Crippen molar-refractivity contribution in [2.45, 2.75) is 20.0 Å². The number of alkyl halides is 3. The van der Waals surface area contributed by atoms with E-state index in [1.165, 1.54) is 26.7 Å². The fraction of sp³-hybridized carbons (Fsp3) is 0.357. The second-order valence-electron chi connectivity index (χ2n) is 4.67. The largest absolute Gasteiger partial charge is 0.490 e. The van der Waals surface area contributed by atoms with Gasteiger partial charge in [0.25, 0.3) is 0 Å². The van der Waals surface area contributed by atoms with Gasteiger partial charge in [-0.05, 0) is 42.2 Å². The van der Waals surface area contributed by atoms with Gasteiger partial charge in [0.05, 0.1) is 0 Å². The Morgan fingerprint density at radius 1 is 1.29 bits per heavy atom. The Kier molecular flexibility index (Phi) is 5.98. The molecule has 1 aliphatic heterocycles. The second-order valence-corrected chi connectivity index (χ2v) is 5.52. The third kappa shape index (κ3) is 5.51. The van der Waals surface area contributed by atoms with E-state index in [4.69, 9.17) is 9.90 Å². The average Bonchev–Trinajstić information content (AvgIpc) is 2.29. The molecule has 0 unspecified atom stereocenters. The van der Waals surface area contributed by atoms with Crippen molar-refractivity contribution in [1.29, 1.82) is 0 Å². The smallest absolute Gasteiger partial charge is 0.475 e. The zero-order valence-corrected chi connectivity index (χ0v) is 13.1. The van der Waals surface area contributed by atoms with Crippen molar-refractivity contribution in [3.05, 3.63) is 38.9 Å². The minimum absolute atomic E-state index is 1.05. The van der Waals surface area contributed by atoms with Gasteiger partial charge < -0.3 is 10.4 Å². The summed E-state index contributed by atoms with van der Waals surface area (Å²) in [6.45, 7) is 6.39. The molecule has 1 saturated heterocycles. The molecule has 0 aromatic heterocycles. The van der Waals surface area contributed by atoms with Crippen molar-refractivity contribution in [2.75, 3.05) is 13.1 Å². The molecule has 3 nitrogen and oxygen atoms in total. The first-order chi connectivity index (χ1) is 9.61. The molecule has 21 heavy (non-hydrogen) atoms. The molecule has 0 spiro atoms. The van der Waals surface area contributed by atoms with Crippen LogP contribution < -0.4 is 5.32 Å². The molecule has 1 aliphatic rings. The molecule has 1 aromatic rings. The van der Waals surface area contributed by atoms with E-state index in [1.807, 2.05) is 0 Å². The summed E-state index contributed by atoms with van der Waals surface area (Å²) in [6.07, 6.45) is -2.79. The van der Waals surface area contributed by atoms with Gasteiger partial charge in [-0.3, -0.25) is 0 Å². The van der Waals surface area contributed by atoms with E-state index in [0.29, 0.717) is 0 Å². The Balaban J connectivity index is 0.000000270. The lowest BCUT2D eigenvalue weighted by Crippen LogP contribution is -2.33. The van der Waals surface area contributed by atoms with Crippen LogP contribution in [0.3, 0.4) is 0 Å². The number of benzene rings is 1. The van der Waals surface area contributed by atoms with Crippen molar-refractivity contribution in [3.8, 4) is 0 Å². The highest BCUT2D eigenvalue weighted by Gasteiger charge is 2.38. The van der Waals surface area contributed by atoms with Crippen LogP contribution in [0, 0.1) is 13.8 Å². The standard InChI is InChI=1S/C12H14BrN.C2HF3O2/c1-8-4-12(13)9(2)3-11(8)5-10-6-14-7-10;3-2(4,5)1(6)7/h3-5,14H,6-7H2,1-2H3;(H,6,7). The number of halogens is 4. The predicted octanol–water partition coefficient (Wildman–Crippen LogP) is 3.69. The summed E-state index contributed by atoms with van der Waals surface area (Å²) >= 11 is 3.54. The minimum Gasteiger partial charge on any atom is -0.475 e. The summed E-state index contributed by atoms with van der Waals surface area (Å²) < 4.78 is 32.9. The molecule has 0 aliphatic carbocycles. The number of carboxylic acids is 1. The van der Waals surface area contributed by atoms with Gasteiger partial charge >= 0.3 is 12.1 Å². The van der Waals surface area contributed by atoms with Crippen molar-refractivity contribution in [2.24, 2.45) is 0 Å². The van der Waals surface area contributed by atoms with Crippen molar-refractivity contribution >= 4 is 28.0 Å². The molecular weight excluding hydrogens is 351 g/mol. The summed E-state index contributed by atoms with van der Waals surface area (Å²) in [7, 11) is 0. The van der Waals surface area contributed by atoms with Gasteiger partial charge in [-0.1, -0.05) is 28.1 Å². The van der Waals surface area contributed by atoms with Crippen LogP contribution in [0.15, 0.2) is 22.2 Å². The Bertz CT molecular complexity index is 562. The molecule has 116 valence electrons. The zero-order chi connectivity index (χ0) is 16.2. The van der Waals surface area contributed by atoms with Crippen LogP contribution in [0.25, 0.3) is 6.08 Å². The van der Waals surface area contributed by atoms with Crippen molar-refractivity contribution in [3.63, 3.8) is 0 Å². The third-order valence-electron chi connectivity index (χ3n) is 2.85.